The van der Waals surface area contributed by atoms with Gasteiger partial charge in [0.25, 0.3) is 0 Å². The van der Waals surface area contributed by atoms with Crippen LogP contribution < -0.4 is 4.90 Å². The highest BCUT2D eigenvalue weighted by Crippen LogP contribution is 2.24. The molecule has 1 aromatic rings. The third kappa shape index (κ3) is 2.55. The van der Waals surface area contributed by atoms with Crippen LogP contribution in [0.3, 0.4) is 0 Å². The summed E-state index contributed by atoms with van der Waals surface area (Å²) in [6.45, 7) is 3.07. The molecule has 0 aliphatic heterocycles. The number of sulfone groups is 1. The fourth-order valence-corrected chi connectivity index (χ4v) is 2.42. The molecular weight excluding hydrogens is 244 g/mol. The first-order valence-corrected chi connectivity index (χ1v) is 6.48. The molecular formula is C10H14N2O4S. The second-order valence-corrected chi connectivity index (χ2v) is 6.23. The van der Waals surface area contributed by atoms with Crippen molar-refractivity contribution in [2.75, 3.05) is 11.9 Å². The van der Waals surface area contributed by atoms with Crippen LogP contribution in [0.4, 0.5) is 10.6 Å². The molecule has 0 atom stereocenters. The van der Waals surface area contributed by atoms with Crippen molar-refractivity contribution in [1.82, 2.24) is 4.98 Å². The number of aromatic nitrogens is 1. The van der Waals surface area contributed by atoms with Crippen molar-refractivity contribution in [3.05, 3.63) is 18.3 Å². The van der Waals surface area contributed by atoms with Gasteiger partial charge in [-0.2, -0.15) is 0 Å². The van der Waals surface area contributed by atoms with Crippen molar-refractivity contribution in [3.63, 3.8) is 0 Å². The highest BCUT2D eigenvalue weighted by molar-refractivity contribution is 7.92. The monoisotopic (exact) mass is 258 g/mol. The number of anilines is 1. The maximum atomic E-state index is 12.0. The van der Waals surface area contributed by atoms with E-state index >= 15 is 0 Å². The van der Waals surface area contributed by atoms with Crippen molar-refractivity contribution >= 4 is 21.7 Å². The van der Waals surface area contributed by atoms with Gasteiger partial charge in [0, 0.05) is 13.2 Å². The van der Waals surface area contributed by atoms with Gasteiger partial charge >= 0.3 is 6.09 Å². The Kier molecular flexibility index (Phi) is 3.72. The minimum Gasteiger partial charge on any atom is -0.465 e. The Morgan fingerprint density at radius 1 is 1.47 bits per heavy atom. The average molecular weight is 258 g/mol. The first-order valence-electron chi connectivity index (χ1n) is 4.94. The van der Waals surface area contributed by atoms with E-state index in [2.05, 4.69) is 4.98 Å². The molecule has 1 aromatic heterocycles. The van der Waals surface area contributed by atoms with E-state index in [1.54, 1.807) is 0 Å². The Morgan fingerprint density at radius 3 is 2.53 bits per heavy atom. The summed E-state index contributed by atoms with van der Waals surface area (Å²) >= 11 is 0. The van der Waals surface area contributed by atoms with Gasteiger partial charge in [0.15, 0.2) is 15.7 Å². The van der Waals surface area contributed by atoms with Crippen LogP contribution in [-0.4, -0.2) is 36.9 Å². The number of carboxylic acid groups (broad SMARTS) is 1. The number of amides is 1. The number of hydrogen-bond donors (Lipinski definition) is 1. The van der Waals surface area contributed by atoms with Crippen LogP contribution in [0.15, 0.2) is 23.2 Å². The number of nitrogens with zero attached hydrogens (tertiary/aromatic N) is 2. The maximum Gasteiger partial charge on any atom is 0.412 e. The van der Waals surface area contributed by atoms with Crippen molar-refractivity contribution < 1.29 is 18.3 Å². The number of rotatable bonds is 3. The summed E-state index contributed by atoms with van der Waals surface area (Å²) < 4.78 is 24.0. The molecule has 1 N–H and O–H groups in total. The van der Waals surface area contributed by atoms with Gasteiger partial charge in [-0.15, -0.1) is 0 Å². The molecule has 17 heavy (non-hydrogen) atoms. The van der Waals surface area contributed by atoms with Crippen LogP contribution in [0.2, 0.25) is 0 Å². The lowest BCUT2D eigenvalue weighted by Gasteiger charge is -2.17. The van der Waals surface area contributed by atoms with Gasteiger partial charge in [-0.05, 0) is 26.0 Å². The normalized spacial score (nSPS) is 11.5. The fourth-order valence-electron chi connectivity index (χ4n) is 1.20. The predicted molar refractivity (Wildman–Crippen MR) is 63.0 cm³/mol. The molecule has 1 heterocycles. The van der Waals surface area contributed by atoms with E-state index in [0.29, 0.717) is 0 Å². The smallest absolute Gasteiger partial charge is 0.412 e. The Balaban J connectivity index is 3.42. The molecule has 0 aliphatic rings. The van der Waals surface area contributed by atoms with E-state index in [0.717, 1.165) is 4.90 Å². The average Bonchev–Trinajstić information content (AvgIpc) is 2.27. The molecule has 0 saturated carbocycles. The SMILES string of the molecule is CC(C)S(=O)(=O)c1cccnc1N(C)C(=O)O. The van der Waals surface area contributed by atoms with Gasteiger partial charge in [0.05, 0.1) is 5.25 Å². The Morgan fingerprint density at radius 2 is 2.06 bits per heavy atom. The van der Waals surface area contributed by atoms with Gasteiger partial charge in [-0.1, -0.05) is 0 Å². The van der Waals surface area contributed by atoms with Crippen LogP contribution in [0.25, 0.3) is 0 Å². The lowest BCUT2D eigenvalue weighted by Crippen LogP contribution is -2.28. The summed E-state index contributed by atoms with van der Waals surface area (Å²) in [7, 11) is -2.30. The van der Waals surface area contributed by atoms with Crippen molar-refractivity contribution in [3.8, 4) is 0 Å². The van der Waals surface area contributed by atoms with Crippen molar-refractivity contribution in [2.45, 2.75) is 24.0 Å². The zero-order valence-corrected chi connectivity index (χ0v) is 10.6. The molecule has 94 valence electrons. The number of carbonyl (C=O) groups is 1. The molecule has 7 heteroatoms. The van der Waals surface area contributed by atoms with Crippen LogP contribution in [-0.2, 0) is 9.84 Å². The summed E-state index contributed by atoms with van der Waals surface area (Å²) in [6.07, 6.45) is 0.0950. The highest BCUT2D eigenvalue weighted by atomic mass is 32.2. The van der Waals surface area contributed by atoms with Gasteiger partial charge in [-0.3, -0.25) is 4.90 Å². The Bertz CT molecular complexity index is 525. The van der Waals surface area contributed by atoms with E-state index in [4.69, 9.17) is 5.11 Å². The number of hydrogen-bond acceptors (Lipinski definition) is 4. The summed E-state index contributed by atoms with van der Waals surface area (Å²) in [4.78, 5) is 15.4. The van der Waals surface area contributed by atoms with Gasteiger partial charge in [0.2, 0.25) is 0 Å². The van der Waals surface area contributed by atoms with Gasteiger partial charge in [-0.25, -0.2) is 18.2 Å². The zero-order valence-electron chi connectivity index (χ0n) is 9.78. The van der Waals surface area contributed by atoms with E-state index < -0.39 is 21.2 Å². The molecule has 1 rings (SSSR count). The van der Waals surface area contributed by atoms with Crippen LogP contribution in [0.1, 0.15) is 13.8 Å². The molecule has 0 saturated heterocycles. The molecule has 0 bridgehead atoms. The second-order valence-electron chi connectivity index (χ2n) is 3.76. The van der Waals surface area contributed by atoms with E-state index in [-0.39, 0.29) is 10.7 Å². The van der Waals surface area contributed by atoms with Crippen molar-refractivity contribution in [2.24, 2.45) is 0 Å². The molecule has 1 amide bonds. The third-order valence-electron chi connectivity index (χ3n) is 2.28. The first kappa shape index (κ1) is 13.4. The molecule has 0 aromatic carbocycles. The molecule has 0 aliphatic carbocycles. The molecule has 6 nitrogen and oxygen atoms in total. The molecule has 0 unspecified atom stereocenters. The summed E-state index contributed by atoms with van der Waals surface area (Å²) in [6, 6.07) is 2.82. The lowest BCUT2D eigenvalue weighted by atomic mass is 10.4. The van der Waals surface area contributed by atoms with Crippen LogP contribution in [0.5, 0.6) is 0 Å². The largest absolute Gasteiger partial charge is 0.465 e. The highest BCUT2D eigenvalue weighted by Gasteiger charge is 2.26. The predicted octanol–water partition coefficient (Wildman–Crippen LogP) is 1.38. The molecule has 0 fully saturated rings. The summed E-state index contributed by atoms with van der Waals surface area (Å²) in [5.41, 5.74) is 0. The minimum atomic E-state index is -3.55. The van der Waals surface area contributed by atoms with Crippen molar-refractivity contribution in [1.29, 1.82) is 0 Å². The third-order valence-corrected chi connectivity index (χ3v) is 4.46. The van der Waals surface area contributed by atoms with Crippen LogP contribution >= 0.6 is 0 Å². The maximum absolute atomic E-state index is 12.0. The van der Waals surface area contributed by atoms with E-state index in [1.165, 1.54) is 39.2 Å². The quantitative estimate of drug-likeness (QED) is 0.884. The zero-order chi connectivity index (χ0) is 13.2. The van der Waals surface area contributed by atoms with E-state index in [9.17, 15) is 13.2 Å². The molecule has 0 spiro atoms. The van der Waals surface area contributed by atoms with E-state index in [1.807, 2.05) is 0 Å². The Hall–Kier alpha value is -1.63. The fraction of sp³-hybridized carbons (Fsp3) is 0.400. The first-order chi connectivity index (χ1) is 7.78. The number of pyridine rings is 1. The van der Waals surface area contributed by atoms with Gasteiger partial charge in [0.1, 0.15) is 4.90 Å². The summed E-state index contributed by atoms with van der Waals surface area (Å²) in [5.74, 6) is -0.0753. The lowest BCUT2D eigenvalue weighted by molar-refractivity contribution is 0.203. The second kappa shape index (κ2) is 4.70. The minimum absolute atomic E-state index is 0.0695. The topological polar surface area (TPSA) is 87.6 Å². The molecule has 0 radical (unpaired) electrons. The Labute approximate surface area is 99.8 Å². The summed E-state index contributed by atoms with van der Waals surface area (Å²) in [5, 5.41) is 8.22. The standard InChI is InChI=1S/C10H14N2O4S/c1-7(2)17(15,16)8-5-4-6-11-9(8)12(3)10(13)14/h4-7H,1-3H3,(H,13,14). The van der Waals surface area contributed by atoms with Gasteiger partial charge < -0.3 is 5.11 Å². The van der Waals surface area contributed by atoms with Crippen LogP contribution in [0, 0.1) is 0 Å².